The molecular weight excluding hydrogens is 501 g/mol. The number of rotatable bonds is 3. The Labute approximate surface area is 189 Å². The van der Waals surface area contributed by atoms with Crippen molar-refractivity contribution in [3.8, 4) is 0 Å². The molecule has 0 aliphatic carbocycles. The highest BCUT2D eigenvalue weighted by Gasteiger charge is 2.37. The zero-order chi connectivity index (χ0) is 21.4. The molecule has 0 unspecified atom stereocenters. The molecule has 11 heteroatoms. The first kappa shape index (κ1) is 20.9. The lowest BCUT2D eigenvalue weighted by atomic mass is 10.1. The van der Waals surface area contributed by atoms with Crippen molar-refractivity contribution in [2.24, 2.45) is 0 Å². The average molecular weight is 515 g/mol. The van der Waals surface area contributed by atoms with Crippen molar-refractivity contribution in [2.75, 3.05) is 36.1 Å². The highest BCUT2D eigenvalue weighted by molar-refractivity contribution is 9.10. The maximum absolute atomic E-state index is 13.0. The van der Waals surface area contributed by atoms with Gasteiger partial charge >= 0.3 is 6.03 Å². The van der Waals surface area contributed by atoms with Crippen molar-refractivity contribution < 1.29 is 23.5 Å². The number of nitrogens with one attached hydrogen (secondary N) is 1. The Kier molecular flexibility index (Phi) is 5.88. The number of benzene rings is 1. The molecule has 2 aliphatic heterocycles. The van der Waals surface area contributed by atoms with Gasteiger partial charge in [-0.3, -0.25) is 14.9 Å². The number of furan rings is 1. The van der Waals surface area contributed by atoms with E-state index in [9.17, 15) is 14.4 Å². The molecule has 156 valence electrons. The van der Waals surface area contributed by atoms with Gasteiger partial charge in [-0.05, 0) is 40.2 Å². The van der Waals surface area contributed by atoms with Crippen LogP contribution in [0.15, 0.2) is 38.7 Å². The molecule has 0 bridgehead atoms. The van der Waals surface area contributed by atoms with Crippen LogP contribution in [0.4, 0.5) is 16.4 Å². The zero-order valence-corrected chi connectivity index (χ0v) is 18.4. The van der Waals surface area contributed by atoms with Crippen LogP contribution in [0.25, 0.3) is 6.08 Å². The summed E-state index contributed by atoms with van der Waals surface area (Å²) >= 11 is 15.3. The largest absolute Gasteiger partial charge is 0.440 e. The number of ether oxygens (including phenoxy) is 1. The lowest BCUT2D eigenvalue weighted by Gasteiger charge is -2.27. The monoisotopic (exact) mass is 513 g/mol. The van der Waals surface area contributed by atoms with Crippen molar-refractivity contribution in [1.29, 1.82) is 0 Å². The molecule has 1 N–H and O–H groups in total. The minimum Gasteiger partial charge on any atom is -0.440 e. The molecule has 2 aliphatic rings. The summed E-state index contributed by atoms with van der Waals surface area (Å²) in [6, 6.07) is 5.06. The SMILES string of the molecule is O=C1NC(=O)N(c2ccc(Cl)c(Cl)c2)C(=O)/C1=C/c1cc(Br)c(N2CCOCC2)o1. The van der Waals surface area contributed by atoms with Gasteiger partial charge in [-0.15, -0.1) is 0 Å². The van der Waals surface area contributed by atoms with Crippen LogP contribution in [0.5, 0.6) is 0 Å². The summed E-state index contributed by atoms with van der Waals surface area (Å²) in [4.78, 5) is 40.4. The summed E-state index contributed by atoms with van der Waals surface area (Å²) in [7, 11) is 0. The third kappa shape index (κ3) is 3.98. The molecule has 8 nitrogen and oxygen atoms in total. The molecule has 0 radical (unpaired) electrons. The lowest BCUT2D eigenvalue weighted by molar-refractivity contribution is -0.122. The molecule has 4 rings (SSSR count). The molecule has 1 aromatic heterocycles. The smallest absolute Gasteiger partial charge is 0.335 e. The summed E-state index contributed by atoms with van der Waals surface area (Å²) in [5.41, 5.74) is -0.0737. The number of morpholine rings is 1. The molecule has 1 aromatic carbocycles. The number of hydrogen-bond acceptors (Lipinski definition) is 6. The summed E-state index contributed by atoms with van der Waals surface area (Å²) in [5.74, 6) is -0.763. The fourth-order valence-electron chi connectivity index (χ4n) is 3.09. The number of halogens is 3. The molecule has 2 saturated heterocycles. The Morgan fingerprint density at radius 2 is 1.80 bits per heavy atom. The van der Waals surface area contributed by atoms with E-state index < -0.39 is 17.8 Å². The number of barbiturate groups is 1. The number of hydrogen-bond donors (Lipinski definition) is 1. The molecule has 2 aromatic rings. The molecule has 0 spiro atoms. The first-order valence-corrected chi connectivity index (χ1v) is 10.4. The average Bonchev–Trinajstić information content (AvgIpc) is 3.08. The Bertz CT molecular complexity index is 1080. The topological polar surface area (TPSA) is 92.1 Å². The highest BCUT2D eigenvalue weighted by atomic mass is 79.9. The van der Waals surface area contributed by atoms with E-state index in [1.165, 1.54) is 24.3 Å². The van der Waals surface area contributed by atoms with E-state index in [1.807, 2.05) is 4.90 Å². The van der Waals surface area contributed by atoms with Gasteiger partial charge in [-0.25, -0.2) is 9.69 Å². The van der Waals surface area contributed by atoms with Crippen LogP contribution in [-0.2, 0) is 14.3 Å². The maximum atomic E-state index is 13.0. The lowest BCUT2D eigenvalue weighted by Crippen LogP contribution is -2.54. The van der Waals surface area contributed by atoms with Gasteiger partial charge in [-0.1, -0.05) is 23.2 Å². The maximum Gasteiger partial charge on any atom is 0.335 e. The van der Waals surface area contributed by atoms with Crippen LogP contribution < -0.4 is 15.1 Å². The van der Waals surface area contributed by atoms with Crippen LogP contribution in [0.1, 0.15) is 5.76 Å². The van der Waals surface area contributed by atoms with E-state index >= 15 is 0 Å². The van der Waals surface area contributed by atoms with Crippen molar-refractivity contribution in [3.63, 3.8) is 0 Å². The summed E-state index contributed by atoms with van der Waals surface area (Å²) < 4.78 is 11.8. The third-order valence-corrected chi connectivity index (χ3v) is 5.84. The Morgan fingerprint density at radius 1 is 1.07 bits per heavy atom. The summed E-state index contributed by atoms with van der Waals surface area (Å²) in [6.07, 6.45) is 1.29. The van der Waals surface area contributed by atoms with Gasteiger partial charge in [0.15, 0.2) is 0 Å². The minimum atomic E-state index is -0.879. The Morgan fingerprint density at radius 3 is 2.50 bits per heavy atom. The molecule has 0 atom stereocenters. The van der Waals surface area contributed by atoms with Gasteiger partial charge in [0.25, 0.3) is 11.8 Å². The molecule has 3 heterocycles. The molecule has 30 heavy (non-hydrogen) atoms. The Hall–Kier alpha value is -2.33. The second kappa shape index (κ2) is 8.43. The van der Waals surface area contributed by atoms with Crippen LogP contribution in [0, 0.1) is 0 Å². The van der Waals surface area contributed by atoms with Crippen LogP contribution in [0.3, 0.4) is 0 Å². The summed E-state index contributed by atoms with van der Waals surface area (Å²) in [5, 5.41) is 2.59. The zero-order valence-electron chi connectivity index (χ0n) is 15.3. The van der Waals surface area contributed by atoms with Gasteiger partial charge in [-0.2, -0.15) is 0 Å². The number of carbonyl (C=O) groups is 3. The number of amides is 4. The highest BCUT2D eigenvalue weighted by Crippen LogP contribution is 2.33. The van der Waals surface area contributed by atoms with Gasteiger partial charge in [0.1, 0.15) is 11.3 Å². The molecule has 4 amide bonds. The fourth-order valence-corrected chi connectivity index (χ4v) is 3.94. The number of nitrogens with zero attached hydrogens (tertiary/aromatic N) is 2. The van der Waals surface area contributed by atoms with Crippen molar-refractivity contribution in [3.05, 3.63) is 50.1 Å². The van der Waals surface area contributed by atoms with Crippen LogP contribution in [-0.4, -0.2) is 44.1 Å². The van der Waals surface area contributed by atoms with Gasteiger partial charge in [0.05, 0.1) is 33.4 Å². The van der Waals surface area contributed by atoms with E-state index in [-0.39, 0.29) is 27.1 Å². The number of anilines is 2. The predicted molar refractivity (Wildman–Crippen MR) is 115 cm³/mol. The van der Waals surface area contributed by atoms with E-state index in [2.05, 4.69) is 21.2 Å². The first-order valence-electron chi connectivity index (χ1n) is 8.83. The normalized spacial score (nSPS) is 18.9. The molecular formula is C19H14BrCl2N3O5. The number of urea groups is 1. The molecule has 2 fully saturated rings. The fraction of sp³-hybridized carbons (Fsp3) is 0.211. The van der Waals surface area contributed by atoms with Gasteiger partial charge in [0, 0.05) is 19.2 Å². The number of imide groups is 2. The quantitative estimate of drug-likeness (QED) is 0.494. The van der Waals surface area contributed by atoms with Crippen molar-refractivity contribution in [1.82, 2.24) is 5.32 Å². The van der Waals surface area contributed by atoms with Crippen molar-refractivity contribution >= 4 is 74.6 Å². The molecule has 0 saturated carbocycles. The third-order valence-electron chi connectivity index (χ3n) is 4.54. The predicted octanol–water partition coefficient (Wildman–Crippen LogP) is 3.85. The second-order valence-corrected chi connectivity index (χ2v) is 8.13. The van der Waals surface area contributed by atoms with Crippen LogP contribution in [0.2, 0.25) is 10.0 Å². The van der Waals surface area contributed by atoms with Crippen molar-refractivity contribution in [2.45, 2.75) is 0 Å². The van der Waals surface area contributed by atoms with E-state index in [0.29, 0.717) is 36.7 Å². The minimum absolute atomic E-state index is 0.169. The van der Waals surface area contributed by atoms with Gasteiger partial charge < -0.3 is 14.1 Å². The van der Waals surface area contributed by atoms with E-state index in [1.54, 1.807) is 6.07 Å². The Balaban J connectivity index is 1.66. The second-order valence-electron chi connectivity index (χ2n) is 6.46. The van der Waals surface area contributed by atoms with Gasteiger partial charge in [0.2, 0.25) is 5.88 Å². The first-order chi connectivity index (χ1) is 14.3. The standard InChI is InChI=1S/C19H14BrCl2N3O5/c20-13-9-11(30-18(13)24-3-5-29-6-4-24)8-12-16(26)23-19(28)25(17(12)27)10-1-2-14(21)15(22)7-10/h1-2,7-9H,3-6H2,(H,23,26,28)/b12-8+. The van der Waals surface area contributed by atoms with E-state index in [4.69, 9.17) is 32.4 Å². The number of carbonyl (C=O) groups excluding carboxylic acids is 3. The van der Waals surface area contributed by atoms with Crippen LogP contribution >= 0.6 is 39.1 Å². The van der Waals surface area contributed by atoms with E-state index in [0.717, 1.165) is 4.90 Å². The summed E-state index contributed by atoms with van der Waals surface area (Å²) in [6.45, 7) is 2.46.